The Morgan fingerprint density at radius 3 is 2.50 bits per heavy atom. The van der Waals surface area contributed by atoms with Crippen molar-refractivity contribution < 1.29 is 14.3 Å². The van der Waals surface area contributed by atoms with E-state index in [-0.39, 0.29) is 17.2 Å². The number of esters is 1. The highest BCUT2D eigenvalue weighted by atomic mass is 35.5. The van der Waals surface area contributed by atoms with Gasteiger partial charge in [0.1, 0.15) is 6.54 Å². The molecule has 1 heterocycles. The molecule has 0 saturated carbocycles. The van der Waals surface area contributed by atoms with Gasteiger partial charge >= 0.3 is 10.8 Å². The molecule has 7 heteroatoms. The summed E-state index contributed by atoms with van der Waals surface area (Å²) in [7, 11) is 0. The van der Waals surface area contributed by atoms with Gasteiger partial charge in [-0.2, -0.15) is 0 Å². The Bertz CT molecular complexity index is 748. The summed E-state index contributed by atoms with van der Waals surface area (Å²) in [5.41, 5.74) is 1.09. The van der Waals surface area contributed by atoms with Gasteiger partial charge in [-0.3, -0.25) is 19.0 Å². The van der Waals surface area contributed by atoms with Crippen molar-refractivity contribution in [1.82, 2.24) is 4.57 Å². The van der Waals surface area contributed by atoms with Crippen LogP contribution >= 0.6 is 22.9 Å². The van der Waals surface area contributed by atoms with Gasteiger partial charge in [-0.25, -0.2) is 0 Å². The number of aromatic nitrogens is 1. The van der Waals surface area contributed by atoms with Gasteiger partial charge in [-0.05, 0) is 38.1 Å². The van der Waals surface area contributed by atoms with Crippen LogP contribution in [0.2, 0.25) is 5.02 Å². The Balaban J connectivity index is 2.00. The van der Waals surface area contributed by atoms with E-state index in [0.717, 1.165) is 11.3 Å². The first-order valence-corrected chi connectivity index (χ1v) is 7.78. The fourth-order valence-corrected chi connectivity index (χ4v) is 2.72. The van der Waals surface area contributed by atoms with Crippen LogP contribution in [0, 0.1) is 6.92 Å². The number of halogens is 1. The number of hydrogen-bond donors (Lipinski definition) is 0. The number of rotatable bonds is 5. The number of benzene rings is 1. The highest BCUT2D eigenvalue weighted by Gasteiger charge is 2.20. The molecule has 0 aliphatic heterocycles. The summed E-state index contributed by atoms with van der Waals surface area (Å²) in [5, 5.41) is 2.19. The predicted octanol–water partition coefficient (Wildman–Crippen LogP) is 2.69. The molecule has 116 valence electrons. The van der Waals surface area contributed by atoms with Gasteiger partial charge in [0.15, 0.2) is 6.10 Å². The molecule has 0 amide bonds. The van der Waals surface area contributed by atoms with E-state index in [1.165, 1.54) is 11.5 Å². The van der Waals surface area contributed by atoms with E-state index >= 15 is 0 Å². The molecule has 1 aromatic heterocycles. The lowest BCUT2D eigenvalue weighted by Crippen LogP contribution is -2.29. The summed E-state index contributed by atoms with van der Waals surface area (Å²) >= 11 is 6.78. The summed E-state index contributed by atoms with van der Waals surface area (Å²) in [5.74, 6) is -0.946. The second kappa shape index (κ2) is 6.89. The molecule has 2 rings (SSSR count). The van der Waals surface area contributed by atoms with Crippen LogP contribution in [0.4, 0.5) is 0 Å². The van der Waals surface area contributed by atoms with E-state index in [0.29, 0.717) is 16.3 Å². The average Bonchev–Trinajstić information content (AvgIpc) is 2.79. The zero-order chi connectivity index (χ0) is 16.3. The van der Waals surface area contributed by atoms with Crippen LogP contribution in [0.3, 0.4) is 0 Å². The standard InChI is InChI=1S/C15H14ClNO4S/c1-9-8-22-15(20)17(9)7-13(18)21-10(2)14(19)11-3-5-12(16)6-4-11/h3-6,8,10H,7H2,1-2H3/t10-/m0/s1. The first-order chi connectivity index (χ1) is 10.4. The maximum atomic E-state index is 12.1. The van der Waals surface area contributed by atoms with Gasteiger partial charge < -0.3 is 4.74 Å². The van der Waals surface area contributed by atoms with Crippen LogP contribution in [0.5, 0.6) is 0 Å². The van der Waals surface area contributed by atoms with Crippen molar-refractivity contribution in [2.24, 2.45) is 0 Å². The van der Waals surface area contributed by atoms with E-state index in [2.05, 4.69) is 0 Å². The number of Topliss-reactive ketones (excluding diaryl/α,β-unsaturated/α-hetero) is 1. The highest BCUT2D eigenvalue weighted by molar-refractivity contribution is 7.07. The molecule has 0 aliphatic carbocycles. The second-order valence-electron chi connectivity index (χ2n) is 4.73. The molecule has 0 fully saturated rings. The minimum absolute atomic E-state index is 0.202. The van der Waals surface area contributed by atoms with E-state index in [1.54, 1.807) is 36.6 Å². The number of ether oxygens (including phenoxy) is 1. The molecule has 0 spiro atoms. The van der Waals surface area contributed by atoms with Crippen molar-refractivity contribution in [3.8, 4) is 0 Å². The molecule has 1 atom stereocenters. The first-order valence-electron chi connectivity index (χ1n) is 6.52. The number of hydrogen-bond acceptors (Lipinski definition) is 5. The molecular weight excluding hydrogens is 326 g/mol. The number of nitrogens with zero attached hydrogens (tertiary/aromatic N) is 1. The molecular formula is C15H14ClNO4S. The Hall–Kier alpha value is -1.92. The Labute approximate surface area is 136 Å². The van der Waals surface area contributed by atoms with Crippen molar-refractivity contribution in [2.45, 2.75) is 26.5 Å². The van der Waals surface area contributed by atoms with Crippen LogP contribution in [0.15, 0.2) is 34.4 Å². The van der Waals surface area contributed by atoms with Crippen LogP contribution in [-0.4, -0.2) is 22.4 Å². The monoisotopic (exact) mass is 339 g/mol. The van der Waals surface area contributed by atoms with Crippen LogP contribution in [0.1, 0.15) is 23.0 Å². The third-order valence-corrected chi connectivity index (χ3v) is 4.20. The Morgan fingerprint density at radius 2 is 1.95 bits per heavy atom. The molecule has 22 heavy (non-hydrogen) atoms. The maximum absolute atomic E-state index is 12.1. The smallest absolute Gasteiger partial charge is 0.326 e. The lowest BCUT2D eigenvalue weighted by Gasteiger charge is -2.13. The van der Waals surface area contributed by atoms with Gasteiger partial charge in [0, 0.05) is 21.7 Å². The molecule has 1 aromatic carbocycles. The largest absolute Gasteiger partial charge is 0.453 e. The Kier molecular flexibility index (Phi) is 5.15. The molecule has 0 N–H and O–H groups in total. The maximum Gasteiger partial charge on any atom is 0.326 e. The number of carbonyl (C=O) groups excluding carboxylic acids is 2. The normalized spacial score (nSPS) is 12.0. The molecule has 0 saturated heterocycles. The average molecular weight is 340 g/mol. The minimum Gasteiger partial charge on any atom is -0.453 e. The number of carbonyl (C=O) groups is 2. The molecule has 5 nitrogen and oxygen atoms in total. The van der Waals surface area contributed by atoms with Crippen LogP contribution in [-0.2, 0) is 16.1 Å². The van der Waals surface area contributed by atoms with Crippen molar-refractivity contribution in [1.29, 1.82) is 0 Å². The lowest BCUT2D eigenvalue weighted by atomic mass is 10.1. The fraction of sp³-hybridized carbons (Fsp3) is 0.267. The second-order valence-corrected chi connectivity index (χ2v) is 5.99. The zero-order valence-electron chi connectivity index (χ0n) is 12.0. The van der Waals surface area contributed by atoms with Crippen LogP contribution in [0.25, 0.3) is 0 Å². The quantitative estimate of drug-likeness (QED) is 0.620. The van der Waals surface area contributed by atoms with Gasteiger partial charge in [-0.15, -0.1) is 0 Å². The third kappa shape index (κ3) is 3.84. The van der Waals surface area contributed by atoms with E-state index < -0.39 is 12.1 Å². The SMILES string of the molecule is Cc1csc(=O)n1CC(=O)O[C@@H](C)C(=O)c1ccc(Cl)cc1. The topological polar surface area (TPSA) is 65.4 Å². The van der Waals surface area contributed by atoms with Crippen molar-refractivity contribution in [2.75, 3.05) is 0 Å². The van der Waals surface area contributed by atoms with Crippen molar-refractivity contribution >= 4 is 34.7 Å². The molecule has 2 aromatic rings. The molecule has 0 unspecified atom stereocenters. The summed E-state index contributed by atoms with van der Waals surface area (Å²) < 4.78 is 6.42. The number of thiazole rings is 1. The van der Waals surface area contributed by atoms with Crippen LogP contribution < -0.4 is 4.87 Å². The van der Waals surface area contributed by atoms with Crippen molar-refractivity contribution in [3.05, 3.63) is 55.6 Å². The Morgan fingerprint density at radius 1 is 1.32 bits per heavy atom. The van der Waals surface area contributed by atoms with E-state index in [4.69, 9.17) is 16.3 Å². The zero-order valence-corrected chi connectivity index (χ0v) is 13.6. The van der Waals surface area contributed by atoms with E-state index in [1.807, 2.05) is 0 Å². The summed E-state index contributed by atoms with van der Waals surface area (Å²) in [6.45, 7) is 3.03. The van der Waals surface area contributed by atoms with E-state index in [9.17, 15) is 14.4 Å². The van der Waals surface area contributed by atoms with Gasteiger partial charge in [-0.1, -0.05) is 22.9 Å². The van der Waals surface area contributed by atoms with Gasteiger partial charge in [0.2, 0.25) is 5.78 Å². The summed E-state index contributed by atoms with van der Waals surface area (Å²) in [6, 6.07) is 6.33. The van der Waals surface area contributed by atoms with Gasteiger partial charge in [0.05, 0.1) is 0 Å². The highest BCUT2D eigenvalue weighted by Crippen LogP contribution is 2.12. The summed E-state index contributed by atoms with van der Waals surface area (Å²) in [6.07, 6.45) is -0.927. The number of aryl methyl sites for hydroxylation is 1. The minimum atomic E-state index is -0.927. The lowest BCUT2D eigenvalue weighted by molar-refractivity contribution is -0.147. The molecule has 0 radical (unpaired) electrons. The number of ketones is 1. The fourth-order valence-electron chi connectivity index (χ4n) is 1.86. The third-order valence-electron chi connectivity index (χ3n) is 3.07. The molecule has 0 bridgehead atoms. The van der Waals surface area contributed by atoms with Crippen molar-refractivity contribution in [3.63, 3.8) is 0 Å². The van der Waals surface area contributed by atoms with Gasteiger partial charge in [0.25, 0.3) is 0 Å². The molecule has 0 aliphatic rings. The predicted molar refractivity (Wildman–Crippen MR) is 84.7 cm³/mol. The summed E-state index contributed by atoms with van der Waals surface area (Å²) in [4.78, 5) is 35.3. The first kappa shape index (κ1) is 16.5.